The zero-order valence-electron chi connectivity index (χ0n) is 10.5. The van der Waals surface area contributed by atoms with Crippen LogP contribution in [0.3, 0.4) is 0 Å². The number of hydrogen-bond acceptors (Lipinski definition) is 4. The molecule has 3 atom stereocenters. The number of amides is 1. The van der Waals surface area contributed by atoms with Crippen molar-refractivity contribution in [3.8, 4) is 0 Å². The summed E-state index contributed by atoms with van der Waals surface area (Å²) >= 11 is 0. The highest BCUT2D eigenvalue weighted by Gasteiger charge is 2.27. The zero-order chi connectivity index (χ0) is 12.3. The Labute approximate surface area is 103 Å². The smallest absolute Gasteiger partial charge is 0.234 e. The van der Waals surface area contributed by atoms with Gasteiger partial charge in [-0.3, -0.25) is 9.69 Å². The summed E-state index contributed by atoms with van der Waals surface area (Å²) in [5.41, 5.74) is 5.92. The molecule has 5 nitrogen and oxygen atoms in total. The van der Waals surface area contributed by atoms with Gasteiger partial charge in [-0.15, -0.1) is 0 Å². The van der Waals surface area contributed by atoms with E-state index in [9.17, 15) is 4.79 Å². The largest absolute Gasteiger partial charge is 0.376 e. The van der Waals surface area contributed by atoms with Gasteiger partial charge in [-0.05, 0) is 18.8 Å². The SMILES string of the molecule is CC1CN(CC(=O)NCC2CCCO2)CC1N. The number of likely N-dealkylation sites (tertiary alicyclic amines) is 1. The first-order valence-electron chi connectivity index (χ1n) is 6.51. The second-order valence-electron chi connectivity index (χ2n) is 5.27. The van der Waals surface area contributed by atoms with Gasteiger partial charge in [-0.2, -0.15) is 0 Å². The zero-order valence-corrected chi connectivity index (χ0v) is 10.5. The molecular formula is C12H23N3O2. The number of ether oxygens (including phenoxy) is 1. The molecule has 0 aromatic rings. The topological polar surface area (TPSA) is 67.6 Å². The molecule has 2 saturated heterocycles. The maximum Gasteiger partial charge on any atom is 0.234 e. The number of nitrogens with one attached hydrogen (secondary N) is 1. The molecule has 3 N–H and O–H groups in total. The number of nitrogens with zero attached hydrogens (tertiary/aromatic N) is 1. The minimum Gasteiger partial charge on any atom is -0.376 e. The van der Waals surface area contributed by atoms with Gasteiger partial charge in [-0.25, -0.2) is 0 Å². The molecule has 0 bridgehead atoms. The quantitative estimate of drug-likeness (QED) is 0.700. The average molecular weight is 241 g/mol. The van der Waals surface area contributed by atoms with Gasteiger partial charge in [-0.1, -0.05) is 6.92 Å². The van der Waals surface area contributed by atoms with Crippen molar-refractivity contribution in [1.29, 1.82) is 0 Å². The Kier molecular flexibility index (Phi) is 4.36. The molecule has 2 aliphatic heterocycles. The van der Waals surface area contributed by atoms with Gasteiger partial charge in [0, 0.05) is 32.3 Å². The molecule has 2 rings (SSSR count). The summed E-state index contributed by atoms with van der Waals surface area (Å²) in [6.07, 6.45) is 2.39. The lowest BCUT2D eigenvalue weighted by Crippen LogP contribution is -2.40. The average Bonchev–Trinajstić information content (AvgIpc) is 2.87. The highest BCUT2D eigenvalue weighted by atomic mass is 16.5. The Balaban J connectivity index is 1.63. The van der Waals surface area contributed by atoms with Crippen LogP contribution in [-0.2, 0) is 9.53 Å². The van der Waals surface area contributed by atoms with Crippen LogP contribution in [0.5, 0.6) is 0 Å². The number of rotatable bonds is 4. The highest BCUT2D eigenvalue weighted by Crippen LogP contribution is 2.14. The molecule has 2 fully saturated rings. The van der Waals surface area contributed by atoms with Crippen molar-refractivity contribution in [2.75, 3.05) is 32.8 Å². The number of carbonyl (C=O) groups excluding carboxylic acids is 1. The van der Waals surface area contributed by atoms with E-state index in [0.717, 1.165) is 32.5 Å². The maximum atomic E-state index is 11.7. The Hall–Kier alpha value is -0.650. The summed E-state index contributed by atoms with van der Waals surface area (Å²) in [5.74, 6) is 0.572. The molecule has 0 aromatic carbocycles. The molecule has 98 valence electrons. The van der Waals surface area contributed by atoms with E-state index in [2.05, 4.69) is 17.1 Å². The van der Waals surface area contributed by atoms with Crippen molar-refractivity contribution in [3.05, 3.63) is 0 Å². The maximum absolute atomic E-state index is 11.7. The lowest BCUT2D eigenvalue weighted by Gasteiger charge is -2.16. The van der Waals surface area contributed by atoms with E-state index in [1.165, 1.54) is 0 Å². The van der Waals surface area contributed by atoms with Crippen molar-refractivity contribution in [2.45, 2.75) is 31.9 Å². The summed E-state index contributed by atoms with van der Waals surface area (Å²) in [7, 11) is 0. The molecule has 1 amide bonds. The molecule has 0 spiro atoms. The highest BCUT2D eigenvalue weighted by molar-refractivity contribution is 5.78. The Bertz CT molecular complexity index is 256. The van der Waals surface area contributed by atoms with Crippen molar-refractivity contribution >= 4 is 5.91 Å². The minimum atomic E-state index is 0.0850. The van der Waals surface area contributed by atoms with Crippen LogP contribution in [0.25, 0.3) is 0 Å². The molecular weight excluding hydrogens is 218 g/mol. The second kappa shape index (κ2) is 5.80. The van der Waals surface area contributed by atoms with E-state index in [-0.39, 0.29) is 18.1 Å². The van der Waals surface area contributed by atoms with E-state index in [4.69, 9.17) is 10.5 Å². The third-order valence-electron chi connectivity index (χ3n) is 3.66. The fourth-order valence-electron chi connectivity index (χ4n) is 2.52. The second-order valence-corrected chi connectivity index (χ2v) is 5.27. The van der Waals surface area contributed by atoms with Gasteiger partial charge in [0.15, 0.2) is 0 Å². The van der Waals surface area contributed by atoms with Crippen LogP contribution in [0, 0.1) is 5.92 Å². The first kappa shape index (κ1) is 12.8. The first-order valence-corrected chi connectivity index (χ1v) is 6.51. The van der Waals surface area contributed by atoms with Crippen molar-refractivity contribution in [3.63, 3.8) is 0 Å². The fourth-order valence-corrected chi connectivity index (χ4v) is 2.52. The Morgan fingerprint density at radius 1 is 1.53 bits per heavy atom. The van der Waals surface area contributed by atoms with Crippen LogP contribution in [-0.4, -0.2) is 55.7 Å². The van der Waals surface area contributed by atoms with Crippen molar-refractivity contribution < 1.29 is 9.53 Å². The number of nitrogens with two attached hydrogens (primary N) is 1. The number of carbonyl (C=O) groups is 1. The lowest BCUT2D eigenvalue weighted by molar-refractivity contribution is -0.122. The fraction of sp³-hybridized carbons (Fsp3) is 0.917. The molecule has 0 aliphatic carbocycles. The van der Waals surface area contributed by atoms with Gasteiger partial charge in [0.2, 0.25) is 5.91 Å². The predicted octanol–water partition coefficient (Wildman–Crippen LogP) is -0.439. The van der Waals surface area contributed by atoms with Crippen LogP contribution in [0.1, 0.15) is 19.8 Å². The van der Waals surface area contributed by atoms with Gasteiger partial charge in [0.1, 0.15) is 0 Å². The van der Waals surface area contributed by atoms with Gasteiger partial charge in [0.25, 0.3) is 0 Å². The summed E-state index contributed by atoms with van der Waals surface area (Å²) < 4.78 is 5.46. The molecule has 2 aliphatic rings. The molecule has 0 radical (unpaired) electrons. The van der Waals surface area contributed by atoms with Crippen LogP contribution >= 0.6 is 0 Å². The van der Waals surface area contributed by atoms with Gasteiger partial charge < -0.3 is 15.8 Å². The van der Waals surface area contributed by atoms with Crippen LogP contribution in [0.4, 0.5) is 0 Å². The first-order chi connectivity index (χ1) is 8.15. The molecule has 5 heteroatoms. The van der Waals surface area contributed by atoms with E-state index < -0.39 is 0 Å². The third-order valence-corrected chi connectivity index (χ3v) is 3.66. The van der Waals surface area contributed by atoms with Crippen LogP contribution < -0.4 is 11.1 Å². The molecule has 17 heavy (non-hydrogen) atoms. The lowest BCUT2D eigenvalue weighted by atomic mass is 10.1. The van der Waals surface area contributed by atoms with E-state index in [1.54, 1.807) is 0 Å². The predicted molar refractivity (Wildman–Crippen MR) is 65.6 cm³/mol. The molecule has 3 unspecified atom stereocenters. The monoisotopic (exact) mass is 241 g/mol. The molecule has 2 heterocycles. The summed E-state index contributed by atoms with van der Waals surface area (Å²) in [6, 6.07) is 0.209. The third kappa shape index (κ3) is 3.66. The molecule has 0 saturated carbocycles. The standard InChI is InChI=1S/C12H23N3O2/c1-9-6-15(7-11(9)13)8-12(16)14-5-10-3-2-4-17-10/h9-11H,2-8,13H2,1H3,(H,14,16). The van der Waals surface area contributed by atoms with E-state index >= 15 is 0 Å². The molecule has 0 aromatic heterocycles. The van der Waals surface area contributed by atoms with Crippen molar-refractivity contribution in [2.24, 2.45) is 11.7 Å². The summed E-state index contributed by atoms with van der Waals surface area (Å²) in [5, 5.41) is 2.93. The van der Waals surface area contributed by atoms with E-state index in [1.807, 2.05) is 0 Å². The normalized spacial score (nSPS) is 34.1. The summed E-state index contributed by atoms with van der Waals surface area (Å²) in [6.45, 7) is 5.83. The van der Waals surface area contributed by atoms with Crippen LogP contribution in [0.15, 0.2) is 0 Å². The van der Waals surface area contributed by atoms with Crippen molar-refractivity contribution in [1.82, 2.24) is 10.2 Å². The van der Waals surface area contributed by atoms with Gasteiger partial charge in [0.05, 0.1) is 12.6 Å². The Morgan fingerprint density at radius 2 is 2.35 bits per heavy atom. The van der Waals surface area contributed by atoms with Gasteiger partial charge >= 0.3 is 0 Å². The number of hydrogen-bond donors (Lipinski definition) is 2. The minimum absolute atomic E-state index is 0.0850. The van der Waals surface area contributed by atoms with E-state index in [0.29, 0.717) is 19.0 Å². The Morgan fingerprint density at radius 3 is 2.94 bits per heavy atom. The summed E-state index contributed by atoms with van der Waals surface area (Å²) in [4.78, 5) is 13.8. The van der Waals surface area contributed by atoms with Crippen LogP contribution in [0.2, 0.25) is 0 Å².